The maximum absolute atomic E-state index is 12.5. The van der Waals surface area contributed by atoms with Crippen molar-refractivity contribution in [1.82, 2.24) is 15.2 Å². The van der Waals surface area contributed by atoms with E-state index < -0.39 is 12.1 Å². The van der Waals surface area contributed by atoms with E-state index in [1.165, 1.54) is 11.9 Å². The van der Waals surface area contributed by atoms with Crippen LogP contribution in [0.4, 0.5) is 4.79 Å². The van der Waals surface area contributed by atoms with Crippen LogP contribution < -0.4 is 10.2 Å². The number of urea groups is 1. The van der Waals surface area contributed by atoms with Crippen LogP contribution in [0.15, 0.2) is 34.4 Å². The zero-order valence-electron chi connectivity index (χ0n) is 15.1. The van der Waals surface area contributed by atoms with Crippen molar-refractivity contribution in [1.29, 1.82) is 0 Å². The number of benzene rings is 1. The monoisotopic (exact) mass is 357 g/mol. The molecule has 9 heteroatoms. The third kappa shape index (κ3) is 2.92. The van der Waals surface area contributed by atoms with Crippen molar-refractivity contribution < 1.29 is 18.9 Å². The lowest BCUT2D eigenvalue weighted by Crippen LogP contribution is -2.61. The first-order chi connectivity index (χ1) is 12.5. The molecule has 0 aliphatic carbocycles. The van der Waals surface area contributed by atoms with Gasteiger partial charge in [0.25, 0.3) is 5.91 Å². The number of hydrogen-bond acceptors (Lipinski definition) is 6. The van der Waals surface area contributed by atoms with Crippen LogP contribution in [0.25, 0.3) is 0 Å². The standard InChI is InChI=1S/C17H20N6O3/c1-5-23-13-14(21(2)17(25)22(3)15(13)24)19-16(23)20-18-10-11-6-8-12(26-4)9-7-11/h6-10,13H,5H2,1-4H3/p+1/b18-10+. The summed E-state index contributed by atoms with van der Waals surface area (Å²) in [7, 11) is 4.69. The third-order valence-corrected chi connectivity index (χ3v) is 4.37. The molecule has 0 saturated carbocycles. The number of carbonyl (C=O) groups is 2. The van der Waals surface area contributed by atoms with Gasteiger partial charge in [-0.25, -0.2) is 9.37 Å². The van der Waals surface area contributed by atoms with E-state index in [4.69, 9.17) is 4.74 Å². The smallest absolute Gasteiger partial charge is 0.413 e. The first kappa shape index (κ1) is 17.6. The summed E-state index contributed by atoms with van der Waals surface area (Å²) in [6.07, 6.45) is 1.64. The van der Waals surface area contributed by atoms with Gasteiger partial charge >= 0.3 is 12.0 Å². The highest BCUT2D eigenvalue weighted by atomic mass is 16.5. The molecular weight excluding hydrogens is 336 g/mol. The Labute approximate surface area is 151 Å². The number of nitrogens with one attached hydrogen (secondary N) is 1. The van der Waals surface area contributed by atoms with Crippen LogP contribution in [-0.2, 0) is 4.79 Å². The number of carbonyl (C=O) groups excluding carboxylic acids is 2. The van der Waals surface area contributed by atoms with E-state index in [1.54, 1.807) is 24.9 Å². The minimum absolute atomic E-state index is 0.301. The van der Waals surface area contributed by atoms with Gasteiger partial charge in [0.15, 0.2) is 0 Å². The highest BCUT2D eigenvalue weighted by Gasteiger charge is 2.50. The maximum atomic E-state index is 12.5. The van der Waals surface area contributed by atoms with Crippen LogP contribution in [0.1, 0.15) is 12.5 Å². The highest BCUT2D eigenvalue weighted by Crippen LogP contribution is 2.18. The molecule has 2 aliphatic rings. The second-order valence-corrected chi connectivity index (χ2v) is 5.86. The fourth-order valence-corrected chi connectivity index (χ4v) is 2.87. The first-order valence-corrected chi connectivity index (χ1v) is 8.18. The summed E-state index contributed by atoms with van der Waals surface area (Å²) in [6, 6.07) is 6.41. The van der Waals surface area contributed by atoms with E-state index in [0.29, 0.717) is 18.3 Å². The van der Waals surface area contributed by atoms with Gasteiger partial charge < -0.3 is 4.74 Å². The largest absolute Gasteiger partial charge is 0.497 e. The summed E-state index contributed by atoms with van der Waals surface area (Å²) >= 11 is 0. The van der Waals surface area contributed by atoms with E-state index in [-0.39, 0.29) is 5.91 Å². The number of likely N-dealkylation sites (N-methyl/N-ethyl adjacent to an activating group) is 3. The second kappa shape index (κ2) is 6.95. The molecule has 1 saturated heterocycles. The van der Waals surface area contributed by atoms with Crippen molar-refractivity contribution in [2.45, 2.75) is 13.0 Å². The van der Waals surface area contributed by atoms with E-state index in [0.717, 1.165) is 16.2 Å². The van der Waals surface area contributed by atoms with Gasteiger partial charge in [0, 0.05) is 14.1 Å². The minimum Gasteiger partial charge on any atom is -0.497 e. The molecule has 1 atom stereocenters. The van der Waals surface area contributed by atoms with E-state index in [2.05, 4.69) is 15.5 Å². The molecule has 1 fully saturated rings. The van der Waals surface area contributed by atoms with E-state index >= 15 is 0 Å². The van der Waals surface area contributed by atoms with Crippen LogP contribution in [0, 0.1) is 0 Å². The van der Waals surface area contributed by atoms with Crippen LogP contribution in [0.3, 0.4) is 0 Å². The summed E-state index contributed by atoms with van der Waals surface area (Å²) < 4.78 is 6.90. The SMILES string of the molecule is CC[N+]1=C(N/N=C/c2ccc(OC)cc2)N=C2C1C(=O)N(C)C(=O)N2C. The number of aliphatic imine (C=N–C) groups is 1. The van der Waals surface area contributed by atoms with Crippen molar-refractivity contribution in [3.63, 3.8) is 0 Å². The van der Waals surface area contributed by atoms with Crippen LogP contribution in [0.5, 0.6) is 5.75 Å². The molecule has 1 N–H and O–H groups in total. The number of rotatable bonds is 4. The Morgan fingerprint density at radius 1 is 1.27 bits per heavy atom. The summed E-state index contributed by atoms with van der Waals surface area (Å²) in [4.78, 5) is 31.5. The van der Waals surface area contributed by atoms with Gasteiger partial charge in [-0.1, -0.05) is 4.99 Å². The van der Waals surface area contributed by atoms with Gasteiger partial charge in [-0.15, -0.1) is 5.10 Å². The van der Waals surface area contributed by atoms with E-state index in [1.807, 2.05) is 31.2 Å². The molecule has 3 amide bonds. The number of amidine groups is 1. The van der Waals surface area contributed by atoms with Crippen molar-refractivity contribution in [3.05, 3.63) is 29.8 Å². The zero-order valence-corrected chi connectivity index (χ0v) is 15.1. The molecule has 2 aliphatic heterocycles. The summed E-state index contributed by atoms with van der Waals surface area (Å²) in [5.41, 5.74) is 3.75. The Kier molecular flexibility index (Phi) is 4.70. The Bertz CT molecular complexity index is 827. The number of methoxy groups -OCH3 is 1. The number of ether oxygens (including phenoxy) is 1. The number of hydrogen-bond donors (Lipinski definition) is 1. The van der Waals surface area contributed by atoms with Crippen molar-refractivity contribution in [3.8, 4) is 5.75 Å². The minimum atomic E-state index is -0.619. The molecule has 1 aromatic rings. The quantitative estimate of drug-likeness (QED) is 0.477. The molecule has 1 aromatic carbocycles. The summed E-state index contributed by atoms with van der Waals surface area (Å²) in [5, 5.41) is 4.19. The van der Waals surface area contributed by atoms with Crippen LogP contribution in [-0.4, -0.2) is 78.1 Å². The number of nitrogens with zero attached hydrogens (tertiary/aromatic N) is 5. The fraction of sp³-hybridized carbons (Fsp3) is 0.353. The molecule has 26 heavy (non-hydrogen) atoms. The first-order valence-electron chi connectivity index (χ1n) is 8.18. The number of imide groups is 1. The van der Waals surface area contributed by atoms with Crippen LogP contribution in [0.2, 0.25) is 0 Å². The topological polar surface area (TPSA) is 89.6 Å². The number of hydrazone groups is 1. The molecule has 3 rings (SSSR count). The molecule has 136 valence electrons. The van der Waals surface area contributed by atoms with Crippen molar-refractivity contribution in [2.24, 2.45) is 10.1 Å². The molecule has 0 radical (unpaired) electrons. The second-order valence-electron chi connectivity index (χ2n) is 5.86. The number of guanidine groups is 1. The molecule has 0 aromatic heterocycles. The van der Waals surface area contributed by atoms with Gasteiger partial charge in [-0.2, -0.15) is 5.43 Å². The lowest BCUT2D eigenvalue weighted by Gasteiger charge is -2.31. The van der Waals surface area contributed by atoms with Gasteiger partial charge in [-0.05, 0) is 36.8 Å². The van der Waals surface area contributed by atoms with Gasteiger partial charge in [-0.3, -0.25) is 14.6 Å². The van der Waals surface area contributed by atoms with Gasteiger partial charge in [0.05, 0.1) is 19.9 Å². The molecule has 0 bridgehead atoms. The average molecular weight is 357 g/mol. The van der Waals surface area contributed by atoms with Gasteiger partial charge in [0.2, 0.25) is 11.9 Å². The average Bonchev–Trinajstić information content (AvgIpc) is 3.04. The van der Waals surface area contributed by atoms with Crippen LogP contribution >= 0.6 is 0 Å². The zero-order chi connectivity index (χ0) is 18.8. The van der Waals surface area contributed by atoms with Crippen molar-refractivity contribution in [2.75, 3.05) is 27.7 Å². The Balaban J connectivity index is 1.81. The van der Waals surface area contributed by atoms with Crippen molar-refractivity contribution >= 4 is 29.9 Å². The highest BCUT2D eigenvalue weighted by molar-refractivity contribution is 6.22. The molecule has 9 nitrogen and oxygen atoms in total. The van der Waals surface area contributed by atoms with Gasteiger partial charge in [0.1, 0.15) is 5.75 Å². The molecule has 2 heterocycles. The maximum Gasteiger partial charge on any atom is 0.413 e. The Hall–Kier alpha value is -3.23. The summed E-state index contributed by atoms with van der Waals surface area (Å²) in [6.45, 7) is 2.46. The fourth-order valence-electron chi connectivity index (χ4n) is 2.87. The molecule has 1 unspecified atom stereocenters. The lowest BCUT2D eigenvalue weighted by molar-refractivity contribution is -0.533. The predicted octanol–water partition coefficient (Wildman–Crippen LogP) is 0.312. The van der Waals surface area contributed by atoms with E-state index in [9.17, 15) is 9.59 Å². The molecule has 0 spiro atoms. The lowest BCUT2D eigenvalue weighted by atomic mass is 10.1. The number of fused-ring (bicyclic) bond motifs is 1. The normalized spacial score (nSPS) is 20.0. The third-order valence-electron chi connectivity index (χ3n) is 4.37. The molecular formula is C17H21N6O3+. The Morgan fingerprint density at radius 2 is 1.96 bits per heavy atom. The number of amides is 3. The Morgan fingerprint density at radius 3 is 2.58 bits per heavy atom. The predicted molar refractivity (Wildman–Crippen MR) is 96.7 cm³/mol. The summed E-state index contributed by atoms with van der Waals surface area (Å²) in [5.74, 6) is 1.30.